The van der Waals surface area contributed by atoms with Crippen molar-refractivity contribution in [3.8, 4) is 0 Å². The molecule has 0 aliphatic carbocycles. The SMILES string of the molecule is O=CO.O=S(=O)(Nc1cscn1)c1cc(Cl)c(NCc2cc(F)c(F)cc2CN2CCC2)cc1F. The minimum absolute atomic E-state index is 0.0443. The molecule has 0 spiro atoms. The van der Waals surface area contributed by atoms with Crippen molar-refractivity contribution in [2.24, 2.45) is 0 Å². The molecule has 0 bridgehead atoms. The van der Waals surface area contributed by atoms with Gasteiger partial charge in [-0.2, -0.15) is 0 Å². The number of halogens is 4. The van der Waals surface area contributed by atoms with E-state index in [2.05, 4.69) is 19.9 Å². The van der Waals surface area contributed by atoms with Crippen LogP contribution in [0.2, 0.25) is 5.02 Å². The van der Waals surface area contributed by atoms with Crippen LogP contribution in [0.1, 0.15) is 17.5 Å². The Bertz CT molecular complexity index is 1290. The summed E-state index contributed by atoms with van der Waals surface area (Å²) in [6, 6.07) is 4.19. The Kier molecular flexibility index (Phi) is 8.94. The molecule has 0 saturated carbocycles. The van der Waals surface area contributed by atoms with Gasteiger partial charge in [0.05, 0.1) is 16.2 Å². The van der Waals surface area contributed by atoms with Gasteiger partial charge in [0.2, 0.25) is 0 Å². The lowest BCUT2D eigenvalue weighted by Gasteiger charge is -2.31. The molecule has 1 aliphatic rings. The Morgan fingerprint density at radius 1 is 1.11 bits per heavy atom. The van der Waals surface area contributed by atoms with E-state index < -0.39 is 32.4 Å². The van der Waals surface area contributed by atoms with Crippen molar-refractivity contribution < 1.29 is 31.5 Å². The third kappa shape index (κ3) is 6.84. The predicted octanol–water partition coefficient (Wildman–Crippen LogP) is 4.53. The number of sulfonamides is 1. The molecule has 0 unspecified atom stereocenters. The molecular weight excluding hydrogens is 529 g/mol. The van der Waals surface area contributed by atoms with Gasteiger partial charge in [-0.25, -0.2) is 26.6 Å². The van der Waals surface area contributed by atoms with E-state index >= 15 is 0 Å². The van der Waals surface area contributed by atoms with Crippen LogP contribution in [0.15, 0.2) is 40.1 Å². The van der Waals surface area contributed by atoms with E-state index in [0.29, 0.717) is 17.7 Å². The summed E-state index contributed by atoms with van der Waals surface area (Å²) in [5.41, 5.74) is 2.66. The largest absolute Gasteiger partial charge is 0.483 e. The second-order valence-corrected chi connectivity index (χ2v) is 10.1. The number of carboxylic acid groups (broad SMARTS) is 1. The molecule has 1 aromatic heterocycles. The fourth-order valence-electron chi connectivity index (χ4n) is 3.24. The maximum atomic E-state index is 14.7. The fraction of sp³-hybridized carbons (Fsp3) is 0.238. The number of carbonyl (C=O) groups is 1. The van der Waals surface area contributed by atoms with Gasteiger partial charge in [-0.05, 0) is 54.9 Å². The maximum Gasteiger partial charge on any atom is 0.290 e. The van der Waals surface area contributed by atoms with Crippen LogP contribution >= 0.6 is 22.9 Å². The summed E-state index contributed by atoms with van der Waals surface area (Å²) in [7, 11) is -4.24. The van der Waals surface area contributed by atoms with Gasteiger partial charge in [0.25, 0.3) is 16.5 Å². The summed E-state index contributed by atoms with van der Waals surface area (Å²) in [4.78, 5) is 13.6. The normalized spacial score (nSPS) is 13.4. The standard InChI is InChI=1S/C20H18ClF3N4O2S2.CH2O2/c21-14-6-19(32(29,30)27-20-10-31-11-26-20)17(24)7-18(14)25-8-12-4-15(22)16(23)5-13(12)9-28-2-1-3-28;2-1-3/h4-7,10-11,25,27H,1-3,8-9H2;1H,(H,2,3). The molecule has 2 heterocycles. The quantitative estimate of drug-likeness (QED) is 0.354. The molecule has 0 atom stereocenters. The first-order valence-electron chi connectivity index (χ1n) is 10.1. The van der Waals surface area contributed by atoms with Crippen molar-refractivity contribution in [3.63, 3.8) is 0 Å². The van der Waals surface area contributed by atoms with Crippen molar-refractivity contribution in [2.75, 3.05) is 23.1 Å². The van der Waals surface area contributed by atoms with E-state index in [9.17, 15) is 21.6 Å². The second-order valence-electron chi connectivity index (χ2n) is 7.37. The van der Waals surface area contributed by atoms with Gasteiger partial charge >= 0.3 is 0 Å². The van der Waals surface area contributed by atoms with Crippen LogP contribution in [-0.4, -0.2) is 43.0 Å². The summed E-state index contributed by atoms with van der Waals surface area (Å²) in [6.45, 7) is 2.03. The second kappa shape index (κ2) is 11.7. The number of thiazole rings is 1. The minimum atomic E-state index is -4.24. The van der Waals surface area contributed by atoms with E-state index in [-0.39, 0.29) is 29.5 Å². The van der Waals surface area contributed by atoms with Gasteiger partial charge in [-0.1, -0.05) is 11.6 Å². The van der Waals surface area contributed by atoms with Gasteiger partial charge in [-0.3, -0.25) is 14.4 Å². The number of anilines is 2. The molecule has 0 radical (unpaired) electrons. The Morgan fingerprint density at radius 3 is 2.34 bits per heavy atom. The molecular formula is C21H20ClF3N4O4S2. The monoisotopic (exact) mass is 548 g/mol. The van der Waals surface area contributed by atoms with Gasteiger partial charge in [0, 0.05) is 18.5 Å². The highest BCUT2D eigenvalue weighted by atomic mass is 35.5. The molecule has 3 N–H and O–H groups in total. The molecule has 2 aromatic carbocycles. The van der Waals surface area contributed by atoms with Crippen molar-refractivity contribution >= 4 is 50.9 Å². The average molecular weight is 549 g/mol. The number of nitrogens with one attached hydrogen (secondary N) is 2. The molecule has 1 saturated heterocycles. The summed E-state index contributed by atoms with van der Waals surface area (Å²) >= 11 is 7.37. The minimum Gasteiger partial charge on any atom is -0.483 e. The molecule has 3 aromatic rings. The molecule has 4 rings (SSSR count). The molecule has 8 nitrogen and oxygen atoms in total. The van der Waals surface area contributed by atoms with Crippen molar-refractivity contribution in [1.29, 1.82) is 0 Å². The summed E-state index contributed by atoms with van der Waals surface area (Å²) in [5.74, 6) is -2.87. The molecule has 35 heavy (non-hydrogen) atoms. The first kappa shape index (κ1) is 26.7. The maximum absolute atomic E-state index is 14.7. The van der Waals surface area contributed by atoms with Crippen LogP contribution in [-0.2, 0) is 27.9 Å². The number of nitrogens with zero attached hydrogens (tertiary/aromatic N) is 2. The highest BCUT2D eigenvalue weighted by Gasteiger charge is 2.23. The van der Waals surface area contributed by atoms with Crippen LogP contribution in [0.25, 0.3) is 0 Å². The van der Waals surface area contributed by atoms with E-state index in [1.165, 1.54) is 22.2 Å². The third-order valence-corrected chi connectivity index (χ3v) is 7.31. The number of hydrogen-bond acceptors (Lipinski definition) is 7. The molecule has 1 fully saturated rings. The highest BCUT2D eigenvalue weighted by molar-refractivity contribution is 7.92. The van der Waals surface area contributed by atoms with Crippen LogP contribution in [0.5, 0.6) is 0 Å². The van der Waals surface area contributed by atoms with Crippen LogP contribution in [0.3, 0.4) is 0 Å². The van der Waals surface area contributed by atoms with Crippen molar-refractivity contribution in [1.82, 2.24) is 9.88 Å². The Morgan fingerprint density at radius 2 is 1.77 bits per heavy atom. The van der Waals surface area contributed by atoms with Crippen LogP contribution < -0.4 is 10.0 Å². The van der Waals surface area contributed by atoms with E-state index in [1.54, 1.807) is 0 Å². The van der Waals surface area contributed by atoms with Crippen LogP contribution in [0.4, 0.5) is 24.7 Å². The predicted molar refractivity (Wildman–Crippen MR) is 127 cm³/mol. The van der Waals surface area contributed by atoms with Gasteiger partial charge in [0.1, 0.15) is 10.7 Å². The zero-order valence-electron chi connectivity index (χ0n) is 18.0. The smallest absolute Gasteiger partial charge is 0.290 e. The number of benzene rings is 2. The summed E-state index contributed by atoms with van der Waals surface area (Å²) in [5, 5.41) is 11.2. The lowest BCUT2D eigenvalue weighted by Crippen LogP contribution is -2.36. The van der Waals surface area contributed by atoms with Gasteiger partial charge in [0.15, 0.2) is 17.5 Å². The molecule has 14 heteroatoms. The number of hydrogen-bond donors (Lipinski definition) is 3. The molecule has 188 valence electrons. The van der Waals surface area contributed by atoms with E-state index in [4.69, 9.17) is 21.5 Å². The zero-order chi connectivity index (χ0) is 25.6. The highest BCUT2D eigenvalue weighted by Crippen LogP contribution is 2.30. The molecule has 0 amide bonds. The average Bonchev–Trinajstić information content (AvgIpc) is 3.26. The van der Waals surface area contributed by atoms with Gasteiger partial charge < -0.3 is 10.4 Å². The lowest BCUT2D eigenvalue weighted by molar-refractivity contribution is -0.122. The Balaban J connectivity index is 0.00000108. The Labute approximate surface area is 208 Å². The first-order valence-corrected chi connectivity index (χ1v) is 12.9. The third-order valence-electron chi connectivity index (χ3n) is 5.04. The van der Waals surface area contributed by atoms with Gasteiger partial charge in [-0.15, -0.1) is 11.3 Å². The molecule has 1 aliphatic heterocycles. The first-order chi connectivity index (χ1) is 16.6. The number of likely N-dealkylation sites (tertiary alicyclic amines) is 1. The Hall–Kier alpha value is -2.87. The topological polar surface area (TPSA) is 112 Å². The lowest BCUT2D eigenvalue weighted by atomic mass is 10.0. The van der Waals surface area contributed by atoms with Crippen molar-refractivity contribution in [3.05, 3.63) is 68.8 Å². The zero-order valence-corrected chi connectivity index (χ0v) is 20.4. The number of aromatic nitrogens is 1. The summed E-state index contributed by atoms with van der Waals surface area (Å²) < 4.78 is 69.3. The van der Waals surface area contributed by atoms with E-state index in [1.807, 2.05) is 0 Å². The van der Waals surface area contributed by atoms with E-state index in [0.717, 1.165) is 43.8 Å². The fourth-order valence-corrected chi connectivity index (χ4v) is 5.18. The summed E-state index contributed by atoms with van der Waals surface area (Å²) in [6.07, 6.45) is 1.05. The number of rotatable bonds is 8. The van der Waals surface area contributed by atoms with Crippen LogP contribution in [0, 0.1) is 17.5 Å². The van der Waals surface area contributed by atoms with Crippen molar-refractivity contribution in [2.45, 2.75) is 24.4 Å².